The molecule has 0 bridgehead atoms. The minimum absolute atomic E-state index is 0.193. The van der Waals surface area contributed by atoms with E-state index in [1.165, 1.54) is 24.5 Å². The molecular weight excluding hydrogens is 499 g/mol. The van der Waals surface area contributed by atoms with E-state index in [1.54, 1.807) is 12.3 Å². The lowest BCUT2D eigenvalue weighted by molar-refractivity contribution is -0.154. The molecule has 0 radical (unpaired) electrons. The highest BCUT2D eigenvalue weighted by Crippen LogP contribution is 2.50. The highest BCUT2D eigenvalue weighted by molar-refractivity contribution is 7.15. The van der Waals surface area contributed by atoms with Gasteiger partial charge in [-0.1, -0.05) is 13.8 Å². The van der Waals surface area contributed by atoms with E-state index in [1.807, 2.05) is 13.8 Å². The molecule has 36 heavy (non-hydrogen) atoms. The van der Waals surface area contributed by atoms with Gasteiger partial charge >= 0.3 is 12.1 Å². The number of aliphatic hydroxyl groups is 1. The summed E-state index contributed by atoms with van der Waals surface area (Å²) in [5.41, 5.74) is -2.25. The summed E-state index contributed by atoms with van der Waals surface area (Å²) in [7, 11) is 1.40. The lowest BCUT2D eigenvalue weighted by Gasteiger charge is -2.44. The third kappa shape index (κ3) is 5.26. The number of carboxylic acid groups (broad SMARTS) is 1. The fraction of sp³-hybridized carbons (Fsp3) is 0.435. The first-order valence-corrected chi connectivity index (χ1v) is 11.8. The Morgan fingerprint density at radius 3 is 2.64 bits per heavy atom. The van der Waals surface area contributed by atoms with Gasteiger partial charge in [0.1, 0.15) is 16.3 Å². The maximum Gasteiger partial charge on any atom is 0.433 e. The molecule has 9 nitrogen and oxygen atoms in total. The SMILES string of the molecule is COc1cc(Nc2nccc(C(F)(F)F)n2)cc(-c2cnc(C3(O)CCC(C(=O)O)C(C)(C)C3)s2)n1. The molecule has 1 aliphatic carbocycles. The molecule has 13 heteroatoms. The number of ether oxygens (including phenoxy) is 1. The van der Waals surface area contributed by atoms with Crippen LogP contribution < -0.4 is 10.1 Å². The zero-order valence-electron chi connectivity index (χ0n) is 19.6. The fourth-order valence-electron chi connectivity index (χ4n) is 4.50. The van der Waals surface area contributed by atoms with Crippen molar-refractivity contribution >= 4 is 28.9 Å². The van der Waals surface area contributed by atoms with Crippen LogP contribution in [0, 0.1) is 11.3 Å². The molecule has 1 saturated carbocycles. The molecule has 0 aliphatic heterocycles. The van der Waals surface area contributed by atoms with Crippen LogP contribution in [0.4, 0.5) is 24.8 Å². The van der Waals surface area contributed by atoms with Crippen LogP contribution in [0.15, 0.2) is 30.6 Å². The number of hydrogen-bond donors (Lipinski definition) is 3. The first kappa shape index (κ1) is 25.8. The van der Waals surface area contributed by atoms with E-state index in [4.69, 9.17) is 4.74 Å². The predicted molar refractivity (Wildman–Crippen MR) is 125 cm³/mol. The Kier molecular flexibility index (Phi) is 6.64. The number of carbonyl (C=O) groups is 1. The maximum absolute atomic E-state index is 13.0. The van der Waals surface area contributed by atoms with Crippen LogP contribution in [0.25, 0.3) is 10.6 Å². The second-order valence-corrected chi connectivity index (χ2v) is 10.4. The van der Waals surface area contributed by atoms with E-state index in [-0.39, 0.29) is 24.7 Å². The predicted octanol–water partition coefficient (Wildman–Crippen LogP) is 4.86. The Bertz CT molecular complexity index is 1280. The Balaban J connectivity index is 1.62. The number of aliphatic carboxylic acids is 1. The quantitative estimate of drug-likeness (QED) is 0.414. The van der Waals surface area contributed by atoms with Gasteiger partial charge in [-0.25, -0.2) is 19.9 Å². The van der Waals surface area contributed by atoms with Crippen molar-refractivity contribution in [3.05, 3.63) is 41.3 Å². The molecule has 3 heterocycles. The Labute approximate surface area is 208 Å². The van der Waals surface area contributed by atoms with Gasteiger partial charge < -0.3 is 20.3 Å². The monoisotopic (exact) mass is 523 g/mol. The van der Waals surface area contributed by atoms with Gasteiger partial charge in [0, 0.05) is 24.1 Å². The van der Waals surface area contributed by atoms with Crippen LogP contribution in [-0.2, 0) is 16.6 Å². The summed E-state index contributed by atoms with van der Waals surface area (Å²) in [5, 5.41) is 24.1. The second kappa shape index (κ2) is 9.28. The smallest absolute Gasteiger partial charge is 0.433 e. The topological polar surface area (TPSA) is 130 Å². The van der Waals surface area contributed by atoms with Crippen LogP contribution in [0.3, 0.4) is 0 Å². The number of aromatic nitrogens is 4. The van der Waals surface area contributed by atoms with Crippen LogP contribution in [0.1, 0.15) is 43.8 Å². The molecule has 4 rings (SSSR count). The maximum atomic E-state index is 13.0. The number of pyridine rings is 1. The van der Waals surface area contributed by atoms with E-state index in [0.717, 1.165) is 12.3 Å². The number of rotatable bonds is 6. The summed E-state index contributed by atoms with van der Waals surface area (Å²) in [4.78, 5) is 28.3. The number of hydrogen-bond acceptors (Lipinski definition) is 9. The van der Waals surface area contributed by atoms with Crippen molar-refractivity contribution in [3.8, 4) is 16.5 Å². The van der Waals surface area contributed by atoms with Gasteiger partial charge in [0.25, 0.3) is 0 Å². The van der Waals surface area contributed by atoms with Crippen molar-refractivity contribution in [3.63, 3.8) is 0 Å². The Morgan fingerprint density at radius 1 is 1.25 bits per heavy atom. The van der Waals surface area contributed by atoms with Crippen molar-refractivity contribution in [2.75, 3.05) is 12.4 Å². The largest absolute Gasteiger partial charge is 0.481 e. The molecule has 3 N–H and O–H groups in total. The first-order chi connectivity index (χ1) is 16.8. The van der Waals surface area contributed by atoms with Gasteiger partial charge in [0.15, 0.2) is 0 Å². The van der Waals surface area contributed by atoms with E-state index in [9.17, 15) is 28.2 Å². The van der Waals surface area contributed by atoms with Crippen molar-refractivity contribution in [2.24, 2.45) is 11.3 Å². The number of thiazole rings is 1. The average molecular weight is 524 g/mol. The molecule has 1 fully saturated rings. The molecule has 1 aliphatic rings. The summed E-state index contributed by atoms with van der Waals surface area (Å²) in [6, 6.07) is 3.84. The molecule has 0 spiro atoms. The molecule has 3 aromatic rings. The van der Waals surface area contributed by atoms with E-state index in [0.29, 0.717) is 27.7 Å². The third-order valence-corrected chi connectivity index (χ3v) is 7.42. The molecule has 2 atom stereocenters. The van der Waals surface area contributed by atoms with E-state index >= 15 is 0 Å². The summed E-state index contributed by atoms with van der Waals surface area (Å²) in [6.07, 6.45) is -1.26. The first-order valence-electron chi connectivity index (χ1n) is 11.0. The molecule has 0 aromatic carbocycles. The molecule has 2 unspecified atom stereocenters. The third-order valence-electron chi connectivity index (χ3n) is 6.21. The zero-order valence-corrected chi connectivity index (χ0v) is 20.4. The fourth-order valence-corrected chi connectivity index (χ4v) is 5.49. The van der Waals surface area contributed by atoms with Crippen molar-refractivity contribution in [1.82, 2.24) is 19.9 Å². The number of carboxylic acids is 1. The zero-order chi connectivity index (χ0) is 26.3. The van der Waals surface area contributed by atoms with Gasteiger partial charge in [-0.2, -0.15) is 13.2 Å². The standard InChI is InChI=1S/C23H24F3N5O4S/c1-21(2)11-22(34,6-4-13(21)18(32)33)19-28-10-15(36-19)14-8-12(9-17(30-14)35-3)29-20-27-7-5-16(31-20)23(24,25)26/h5,7-10,13,34H,4,6,11H2,1-3H3,(H,32,33)(H,27,29,30,31). The number of halogens is 3. The highest BCUT2D eigenvalue weighted by atomic mass is 32.1. The average Bonchev–Trinajstić information content (AvgIpc) is 3.29. The number of nitrogens with one attached hydrogen (secondary N) is 1. The minimum atomic E-state index is -4.61. The Hall–Kier alpha value is -3.32. The summed E-state index contributed by atoms with van der Waals surface area (Å²) in [5.74, 6) is -1.50. The van der Waals surface area contributed by atoms with Gasteiger partial charge in [-0.3, -0.25) is 4.79 Å². The van der Waals surface area contributed by atoms with E-state index < -0.39 is 34.8 Å². The van der Waals surface area contributed by atoms with Crippen LogP contribution in [0.5, 0.6) is 5.88 Å². The molecule has 0 saturated heterocycles. The van der Waals surface area contributed by atoms with Crippen molar-refractivity contribution in [1.29, 1.82) is 0 Å². The number of alkyl halides is 3. The van der Waals surface area contributed by atoms with Gasteiger partial charge in [0.05, 0.1) is 23.6 Å². The molecule has 0 amide bonds. The normalized spacial score (nSPS) is 21.7. The lowest BCUT2D eigenvalue weighted by Crippen LogP contribution is -2.44. The summed E-state index contributed by atoms with van der Waals surface area (Å²) >= 11 is 1.21. The van der Waals surface area contributed by atoms with Crippen molar-refractivity contribution in [2.45, 2.75) is 44.9 Å². The lowest BCUT2D eigenvalue weighted by atomic mass is 9.63. The minimum Gasteiger partial charge on any atom is -0.481 e. The number of methoxy groups -OCH3 is 1. The molecule has 3 aromatic heterocycles. The van der Waals surface area contributed by atoms with Crippen LogP contribution in [0.2, 0.25) is 0 Å². The van der Waals surface area contributed by atoms with Crippen molar-refractivity contribution < 1.29 is 32.9 Å². The second-order valence-electron chi connectivity index (χ2n) is 9.33. The molecular formula is C23H24F3N5O4S. The Morgan fingerprint density at radius 2 is 2.00 bits per heavy atom. The summed E-state index contributed by atoms with van der Waals surface area (Å²) in [6.45, 7) is 3.64. The van der Waals surface area contributed by atoms with Gasteiger partial charge in [-0.05, 0) is 36.8 Å². The van der Waals surface area contributed by atoms with Crippen LogP contribution in [-0.4, -0.2) is 43.2 Å². The summed E-state index contributed by atoms with van der Waals surface area (Å²) < 4.78 is 44.3. The van der Waals surface area contributed by atoms with E-state index in [2.05, 4.69) is 25.3 Å². The van der Waals surface area contributed by atoms with Gasteiger partial charge in [-0.15, -0.1) is 11.3 Å². The van der Waals surface area contributed by atoms with Crippen LogP contribution >= 0.6 is 11.3 Å². The van der Waals surface area contributed by atoms with Gasteiger partial charge in [0.2, 0.25) is 11.8 Å². The molecule has 192 valence electrons. The highest BCUT2D eigenvalue weighted by Gasteiger charge is 2.49. The number of nitrogens with zero attached hydrogens (tertiary/aromatic N) is 4. The number of anilines is 2.